The van der Waals surface area contributed by atoms with Crippen LogP contribution in [0.1, 0.15) is 50.3 Å². The van der Waals surface area contributed by atoms with Crippen molar-refractivity contribution in [1.29, 1.82) is 0 Å². The van der Waals surface area contributed by atoms with Crippen LogP contribution in [0.25, 0.3) is 0 Å². The minimum Gasteiger partial charge on any atom is -0.314 e. The molecule has 0 radical (unpaired) electrons. The molecule has 3 nitrogen and oxygen atoms in total. The lowest BCUT2D eigenvalue weighted by Gasteiger charge is -2.33. The summed E-state index contributed by atoms with van der Waals surface area (Å²) in [4.78, 5) is 5.35. The summed E-state index contributed by atoms with van der Waals surface area (Å²) in [5.41, 5.74) is 2.90. The largest absolute Gasteiger partial charge is 0.314 e. The number of rotatable bonds is 4. The Bertz CT molecular complexity index is 462. The highest BCUT2D eigenvalue weighted by atomic mass is 15.3. The lowest BCUT2D eigenvalue weighted by molar-refractivity contribution is 0.162. The van der Waals surface area contributed by atoms with E-state index in [0.717, 1.165) is 19.1 Å². The predicted octanol–water partition coefficient (Wildman–Crippen LogP) is 2.85. The van der Waals surface area contributed by atoms with Gasteiger partial charge < -0.3 is 5.32 Å². The van der Waals surface area contributed by atoms with Crippen LogP contribution < -0.4 is 5.32 Å². The van der Waals surface area contributed by atoms with Gasteiger partial charge in [-0.3, -0.25) is 9.80 Å². The van der Waals surface area contributed by atoms with Crippen molar-refractivity contribution in [2.24, 2.45) is 0 Å². The van der Waals surface area contributed by atoms with Gasteiger partial charge in [-0.25, -0.2) is 0 Å². The first-order chi connectivity index (χ1) is 10.6. The molecular formula is C19H31N3. The molecule has 1 aromatic carbocycles. The fourth-order valence-corrected chi connectivity index (χ4v) is 3.84. The molecule has 0 saturated carbocycles. The standard InChI is InChI=1S/C19H31N3/c1-15(2)17-4-6-18(7-5-17)16(3)22-11-8-19(14-22)21-12-9-20-10-13-21/h4-7,15-16,19-20H,8-14H2,1-3H3. The van der Waals surface area contributed by atoms with E-state index < -0.39 is 0 Å². The minimum absolute atomic E-state index is 0.536. The summed E-state index contributed by atoms with van der Waals surface area (Å²) in [6.45, 7) is 14.1. The van der Waals surface area contributed by atoms with E-state index in [1.807, 2.05) is 0 Å². The van der Waals surface area contributed by atoms with Crippen molar-refractivity contribution < 1.29 is 0 Å². The summed E-state index contributed by atoms with van der Waals surface area (Å²) in [7, 11) is 0. The molecule has 0 aromatic heterocycles. The molecule has 0 amide bonds. The molecule has 2 unspecified atom stereocenters. The second kappa shape index (κ2) is 7.12. The molecular weight excluding hydrogens is 270 g/mol. The summed E-state index contributed by atoms with van der Waals surface area (Å²) in [6.07, 6.45) is 1.33. The van der Waals surface area contributed by atoms with Crippen molar-refractivity contribution in [3.63, 3.8) is 0 Å². The van der Waals surface area contributed by atoms with Crippen molar-refractivity contribution in [3.05, 3.63) is 35.4 Å². The van der Waals surface area contributed by atoms with Crippen LogP contribution in [0.15, 0.2) is 24.3 Å². The number of piperazine rings is 1. The summed E-state index contributed by atoms with van der Waals surface area (Å²) < 4.78 is 0. The van der Waals surface area contributed by atoms with E-state index in [-0.39, 0.29) is 0 Å². The van der Waals surface area contributed by atoms with Gasteiger partial charge in [0.2, 0.25) is 0 Å². The Kier molecular flexibility index (Phi) is 5.17. The SMILES string of the molecule is CC(C)c1ccc(C(C)N2CCC(N3CCNCC3)C2)cc1. The third-order valence-corrected chi connectivity index (χ3v) is 5.50. The Labute approximate surface area is 135 Å². The number of nitrogens with zero attached hydrogens (tertiary/aromatic N) is 2. The maximum Gasteiger partial charge on any atom is 0.0320 e. The molecule has 2 aliphatic rings. The first kappa shape index (κ1) is 16.0. The molecule has 3 rings (SSSR count). The van der Waals surface area contributed by atoms with Crippen LogP contribution in [-0.2, 0) is 0 Å². The second-order valence-electron chi connectivity index (χ2n) is 7.22. The topological polar surface area (TPSA) is 18.5 Å². The van der Waals surface area contributed by atoms with Gasteiger partial charge >= 0.3 is 0 Å². The van der Waals surface area contributed by atoms with Gasteiger partial charge in [-0.05, 0) is 30.4 Å². The third kappa shape index (κ3) is 3.53. The third-order valence-electron chi connectivity index (χ3n) is 5.50. The number of hydrogen-bond donors (Lipinski definition) is 1. The normalized spacial score (nSPS) is 25.7. The minimum atomic E-state index is 0.536. The highest BCUT2D eigenvalue weighted by molar-refractivity contribution is 5.26. The monoisotopic (exact) mass is 301 g/mol. The second-order valence-corrected chi connectivity index (χ2v) is 7.22. The summed E-state index contributed by atoms with van der Waals surface area (Å²) in [5.74, 6) is 0.619. The van der Waals surface area contributed by atoms with Crippen molar-refractivity contribution in [3.8, 4) is 0 Å². The lowest BCUT2D eigenvalue weighted by Crippen LogP contribution is -2.49. The average Bonchev–Trinajstić information content (AvgIpc) is 3.05. The van der Waals surface area contributed by atoms with E-state index >= 15 is 0 Å². The van der Waals surface area contributed by atoms with Crippen LogP contribution in [0, 0.1) is 0 Å². The molecule has 2 saturated heterocycles. The molecule has 1 aromatic rings. The van der Waals surface area contributed by atoms with E-state index in [4.69, 9.17) is 0 Å². The van der Waals surface area contributed by atoms with E-state index in [0.29, 0.717) is 12.0 Å². The van der Waals surface area contributed by atoms with Crippen LogP contribution >= 0.6 is 0 Å². The molecule has 122 valence electrons. The highest BCUT2D eigenvalue weighted by Gasteiger charge is 2.31. The summed E-state index contributed by atoms with van der Waals surface area (Å²) in [6, 6.07) is 10.6. The summed E-state index contributed by atoms with van der Waals surface area (Å²) in [5, 5.41) is 3.46. The van der Waals surface area contributed by atoms with E-state index in [2.05, 4.69) is 60.2 Å². The van der Waals surface area contributed by atoms with Crippen molar-refractivity contribution in [2.75, 3.05) is 39.3 Å². The van der Waals surface area contributed by atoms with Gasteiger partial charge in [-0.15, -0.1) is 0 Å². The first-order valence-electron chi connectivity index (χ1n) is 8.94. The molecule has 2 aliphatic heterocycles. The number of likely N-dealkylation sites (tertiary alicyclic amines) is 1. The zero-order valence-electron chi connectivity index (χ0n) is 14.4. The Morgan fingerprint density at radius 1 is 0.955 bits per heavy atom. The molecule has 3 heteroatoms. The smallest absolute Gasteiger partial charge is 0.0320 e. The Balaban J connectivity index is 1.59. The van der Waals surface area contributed by atoms with Crippen LogP contribution in [0.3, 0.4) is 0 Å². The number of hydrogen-bond acceptors (Lipinski definition) is 3. The van der Waals surface area contributed by atoms with E-state index in [9.17, 15) is 0 Å². The fourth-order valence-electron chi connectivity index (χ4n) is 3.84. The first-order valence-corrected chi connectivity index (χ1v) is 8.94. The lowest BCUT2D eigenvalue weighted by atomic mass is 9.99. The predicted molar refractivity (Wildman–Crippen MR) is 93.4 cm³/mol. The molecule has 0 aliphatic carbocycles. The maximum atomic E-state index is 3.46. The van der Waals surface area contributed by atoms with Gasteiger partial charge in [0.25, 0.3) is 0 Å². The van der Waals surface area contributed by atoms with Crippen LogP contribution in [0.4, 0.5) is 0 Å². The Morgan fingerprint density at radius 3 is 2.23 bits per heavy atom. The number of nitrogens with one attached hydrogen (secondary N) is 1. The molecule has 0 spiro atoms. The molecule has 2 atom stereocenters. The Hall–Kier alpha value is -0.900. The van der Waals surface area contributed by atoms with Crippen molar-refractivity contribution in [2.45, 2.75) is 45.2 Å². The number of benzene rings is 1. The van der Waals surface area contributed by atoms with E-state index in [1.54, 1.807) is 0 Å². The van der Waals surface area contributed by atoms with Gasteiger partial charge in [0.15, 0.2) is 0 Å². The average molecular weight is 301 g/mol. The highest BCUT2D eigenvalue weighted by Crippen LogP contribution is 2.28. The van der Waals surface area contributed by atoms with Crippen molar-refractivity contribution in [1.82, 2.24) is 15.1 Å². The van der Waals surface area contributed by atoms with Gasteiger partial charge in [0.05, 0.1) is 0 Å². The molecule has 2 fully saturated rings. The Morgan fingerprint density at radius 2 is 1.59 bits per heavy atom. The molecule has 22 heavy (non-hydrogen) atoms. The van der Waals surface area contributed by atoms with Gasteiger partial charge in [0.1, 0.15) is 0 Å². The zero-order chi connectivity index (χ0) is 15.5. The summed E-state index contributed by atoms with van der Waals surface area (Å²) >= 11 is 0. The quantitative estimate of drug-likeness (QED) is 0.922. The van der Waals surface area contributed by atoms with Crippen LogP contribution in [0.2, 0.25) is 0 Å². The fraction of sp³-hybridized carbons (Fsp3) is 0.684. The van der Waals surface area contributed by atoms with E-state index in [1.165, 1.54) is 43.7 Å². The molecule has 0 bridgehead atoms. The maximum absolute atomic E-state index is 3.46. The molecule has 1 N–H and O–H groups in total. The zero-order valence-corrected chi connectivity index (χ0v) is 14.4. The van der Waals surface area contributed by atoms with Crippen LogP contribution in [0.5, 0.6) is 0 Å². The van der Waals surface area contributed by atoms with Gasteiger partial charge in [-0.2, -0.15) is 0 Å². The van der Waals surface area contributed by atoms with Crippen LogP contribution in [-0.4, -0.2) is 55.1 Å². The van der Waals surface area contributed by atoms with Gasteiger partial charge in [-0.1, -0.05) is 38.1 Å². The molecule has 2 heterocycles. The van der Waals surface area contributed by atoms with Gasteiger partial charge in [0, 0.05) is 51.4 Å². The van der Waals surface area contributed by atoms with Crippen molar-refractivity contribution >= 4 is 0 Å².